The third-order valence-electron chi connectivity index (χ3n) is 4.18. The van der Waals surface area contributed by atoms with Gasteiger partial charge in [-0.05, 0) is 39.3 Å². The van der Waals surface area contributed by atoms with Crippen molar-refractivity contribution in [2.24, 2.45) is 0 Å². The number of nitrogens with one attached hydrogen (secondary N) is 1. The number of carbonyl (C=O) groups is 3. The molecule has 1 N–H and O–H groups in total. The molecule has 26 heavy (non-hydrogen) atoms. The first kappa shape index (κ1) is 17.5. The predicted octanol–water partition coefficient (Wildman–Crippen LogP) is 2.22. The number of H-pyrrole nitrogens is 1. The van der Waals surface area contributed by atoms with Crippen LogP contribution in [0.1, 0.15) is 55.1 Å². The normalized spacial score (nSPS) is 10.9. The number of hydrogen-bond acceptors (Lipinski definition) is 6. The number of aromatic amines is 1. The van der Waals surface area contributed by atoms with E-state index in [0.717, 1.165) is 0 Å². The second kappa shape index (κ2) is 6.55. The summed E-state index contributed by atoms with van der Waals surface area (Å²) in [4.78, 5) is 43.5. The van der Waals surface area contributed by atoms with Crippen LogP contribution in [0.2, 0.25) is 0 Å². The van der Waals surface area contributed by atoms with E-state index in [1.165, 1.54) is 11.4 Å². The van der Waals surface area contributed by atoms with Crippen LogP contribution >= 0.6 is 0 Å². The Hall–Kier alpha value is -3.29. The van der Waals surface area contributed by atoms with Crippen LogP contribution in [0.25, 0.3) is 5.65 Å². The van der Waals surface area contributed by atoms with E-state index < -0.39 is 18.4 Å². The Bertz CT molecular complexity index is 1050. The van der Waals surface area contributed by atoms with E-state index in [0.29, 0.717) is 28.2 Å². The number of rotatable bonds is 5. The first-order valence-corrected chi connectivity index (χ1v) is 8.01. The van der Waals surface area contributed by atoms with Crippen LogP contribution < -0.4 is 0 Å². The number of ketones is 2. The molecule has 3 aromatic heterocycles. The molecule has 134 valence electrons. The van der Waals surface area contributed by atoms with E-state index in [9.17, 15) is 14.4 Å². The van der Waals surface area contributed by atoms with E-state index in [4.69, 9.17) is 4.74 Å². The lowest BCUT2D eigenvalue weighted by molar-refractivity contribution is 0.0474. The number of nitrogens with zero attached hydrogens (tertiary/aromatic N) is 3. The van der Waals surface area contributed by atoms with Gasteiger partial charge in [0.1, 0.15) is 5.56 Å². The first-order chi connectivity index (χ1) is 12.3. The number of carbonyl (C=O) groups excluding carboxylic acids is 3. The Labute approximate surface area is 149 Å². The number of fused-ring (bicyclic) bond motifs is 1. The molecule has 0 bridgehead atoms. The van der Waals surface area contributed by atoms with Gasteiger partial charge in [0, 0.05) is 23.7 Å². The molecule has 3 rings (SSSR count). The van der Waals surface area contributed by atoms with E-state index >= 15 is 0 Å². The lowest BCUT2D eigenvalue weighted by Crippen LogP contribution is -2.16. The highest BCUT2D eigenvalue weighted by Crippen LogP contribution is 2.19. The molecule has 0 saturated carbocycles. The first-order valence-electron chi connectivity index (χ1n) is 8.01. The minimum atomic E-state index is -0.669. The third kappa shape index (κ3) is 2.90. The van der Waals surface area contributed by atoms with Crippen LogP contribution in [-0.4, -0.2) is 43.7 Å². The monoisotopic (exact) mass is 354 g/mol. The van der Waals surface area contributed by atoms with E-state index in [-0.39, 0.29) is 17.0 Å². The average molecular weight is 354 g/mol. The number of Topliss-reactive ketones (excluding diaryl/α,β-unsaturated/α-hetero) is 2. The molecule has 0 aromatic carbocycles. The van der Waals surface area contributed by atoms with E-state index in [1.807, 2.05) is 0 Å². The molecular weight excluding hydrogens is 336 g/mol. The van der Waals surface area contributed by atoms with Gasteiger partial charge in [0.15, 0.2) is 18.0 Å². The summed E-state index contributed by atoms with van der Waals surface area (Å²) in [6.07, 6.45) is 3.22. The second-order valence-electron chi connectivity index (χ2n) is 6.03. The van der Waals surface area contributed by atoms with Gasteiger partial charge < -0.3 is 9.72 Å². The molecule has 0 atom stereocenters. The standard InChI is InChI=1S/C18H18N4O4/c1-9-14(12(4)23)10(2)20-16(9)13(24)8-26-18(25)15-11(3)21-22-7-5-6-19-17(15)22/h5-7,20H,8H2,1-4H3. The summed E-state index contributed by atoms with van der Waals surface area (Å²) in [7, 11) is 0. The van der Waals surface area contributed by atoms with Crippen molar-refractivity contribution in [2.45, 2.75) is 27.7 Å². The van der Waals surface area contributed by atoms with Gasteiger partial charge in [-0.15, -0.1) is 0 Å². The quantitative estimate of drug-likeness (QED) is 0.556. The fraction of sp³-hybridized carbons (Fsp3) is 0.278. The van der Waals surface area contributed by atoms with Gasteiger partial charge in [-0.3, -0.25) is 9.59 Å². The van der Waals surface area contributed by atoms with Crippen LogP contribution in [0.15, 0.2) is 18.5 Å². The van der Waals surface area contributed by atoms with Crippen LogP contribution in [0, 0.1) is 20.8 Å². The average Bonchev–Trinajstić information content (AvgIpc) is 3.07. The number of hydrogen-bond donors (Lipinski definition) is 1. The summed E-state index contributed by atoms with van der Waals surface area (Å²) in [5, 5.41) is 4.19. The lowest BCUT2D eigenvalue weighted by atomic mass is 10.1. The Morgan fingerprint density at radius 1 is 1.19 bits per heavy atom. The minimum absolute atomic E-state index is 0.125. The molecule has 0 spiro atoms. The molecule has 0 unspecified atom stereocenters. The molecule has 0 saturated heterocycles. The molecule has 0 aliphatic heterocycles. The minimum Gasteiger partial charge on any atom is -0.453 e. The maximum Gasteiger partial charge on any atom is 0.344 e. The van der Waals surface area contributed by atoms with Gasteiger partial charge in [0.25, 0.3) is 0 Å². The highest BCUT2D eigenvalue weighted by Gasteiger charge is 2.23. The highest BCUT2D eigenvalue weighted by atomic mass is 16.5. The number of esters is 1. The summed E-state index contributed by atoms with van der Waals surface area (Å²) in [5.41, 5.74) is 3.00. The molecule has 3 heterocycles. The molecule has 8 nitrogen and oxygen atoms in total. The topological polar surface area (TPSA) is 106 Å². The van der Waals surface area contributed by atoms with Gasteiger partial charge >= 0.3 is 5.97 Å². The van der Waals surface area contributed by atoms with E-state index in [2.05, 4.69) is 15.1 Å². The zero-order valence-corrected chi connectivity index (χ0v) is 14.9. The van der Waals surface area contributed by atoms with Crippen molar-refractivity contribution in [3.05, 3.63) is 52.2 Å². The molecule has 0 radical (unpaired) electrons. The predicted molar refractivity (Wildman–Crippen MR) is 92.6 cm³/mol. The molecular formula is C18H18N4O4. The fourth-order valence-electron chi connectivity index (χ4n) is 3.07. The number of ether oxygens (including phenoxy) is 1. The third-order valence-corrected chi connectivity index (χ3v) is 4.18. The summed E-state index contributed by atoms with van der Waals surface area (Å²) in [6.45, 7) is 6.08. The van der Waals surface area contributed by atoms with E-state index in [1.54, 1.807) is 39.2 Å². The Morgan fingerprint density at radius 3 is 2.58 bits per heavy atom. The summed E-state index contributed by atoms with van der Waals surface area (Å²) in [5.74, 6) is -1.20. The van der Waals surface area contributed by atoms with Crippen molar-refractivity contribution in [3.8, 4) is 0 Å². The van der Waals surface area contributed by atoms with Crippen molar-refractivity contribution in [1.29, 1.82) is 0 Å². The molecule has 8 heteroatoms. The Kier molecular flexibility index (Phi) is 4.41. The van der Waals surface area contributed by atoms with Crippen molar-refractivity contribution in [3.63, 3.8) is 0 Å². The maximum atomic E-state index is 12.4. The van der Waals surface area contributed by atoms with Crippen LogP contribution in [0.5, 0.6) is 0 Å². The number of aryl methyl sites for hydroxylation is 2. The molecule has 0 amide bonds. The summed E-state index contributed by atoms with van der Waals surface area (Å²) >= 11 is 0. The zero-order valence-electron chi connectivity index (χ0n) is 14.9. The fourth-order valence-corrected chi connectivity index (χ4v) is 3.07. The van der Waals surface area contributed by atoms with Crippen LogP contribution in [0.3, 0.4) is 0 Å². The van der Waals surface area contributed by atoms with Crippen molar-refractivity contribution < 1.29 is 19.1 Å². The summed E-state index contributed by atoms with van der Waals surface area (Å²) < 4.78 is 6.65. The zero-order chi connectivity index (χ0) is 19.0. The van der Waals surface area contributed by atoms with Gasteiger partial charge in [-0.2, -0.15) is 5.10 Å². The Balaban J connectivity index is 1.80. The molecule has 0 aliphatic carbocycles. The second-order valence-corrected chi connectivity index (χ2v) is 6.03. The van der Waals surface area contributed by atoms with Crippen molar-refractivity contribution >= 4 is 23.2 Å². The smallest absolute Gasteiger partial charge is 0.344 e. The molecule has 3 aromatic rings. The summed E-state index contributed by atoms with van der Waals surface area (Å²) in [6, 6.07) is 1.70. The Morgan fingerprint density at radius 2 is 1.92 bits per heavy atom. The number of aromatic nitrogens is 4. The van der Waals surface area contributed by atoms with Gasteiger partial charge in [0.05, 0.1) is 11.4 Å². The molecule has 0 fully saturated rings. The largest absolute Gasteiger partial charge is 0.453 e. The maximum absolute atomic E-state index is 12.4. The van der Waals surface area contributed by atoms with Gasteiger partial charge in [-0.25, -0.2) is 14.3 Å². The van der Waals surface area contributed by atoms with Gasteiger partial charge in [-0.1, -0.05) is 0 Å². The van der Waals surface area contributed by atoms with Gasteiger partial charge in [0.2, 0.25) is 5.78 Å². The highest BCUT2D eigenvalue weighted by molar-refractivity contribution is 6.05. The van der Waals surface area contributed by atoms with Crippen LogP contribution in [0.4, 0.5) is 0 Å². The van der Waals surface area contributed by atoms with Crippen molar-refractivity contribution in [2.75, 3.05) is 6.61 Å². The molecule has 0 aliphatic rings. The lowest BCUT2D eigenvalue weighted by Gasteiger charge is -2.04. The van der Waals surface area contributed by atoms with Crippen molar-refractivity contribution in [1.82, 2.24) is 19.6 Å². The van der Waals surface area contributed by atoms with Crippen LogP contribution in [-0.2, 0) is 4.74 Å². The SMILES string of the molecule is CC(=O)c1c(C)[nH]c(C(=O)COC(=O)c2c(C)nn3cccnc23)c1C.